The molecule has 1 aromatic rings. The summed E-state index contributed by atoms with van der Waals surface area (Å²) in [5.74, 6) is -0.746. The molecule has 0 aliphatic rings. The number of halogens is 4. The second-order valence-electron chi connectivity index (χ2n) is 3.42. The fourth-order valence-corrected chi connectivity index (χ4v) is 1.25. The van der Waals surface area contributed by atoms with Crippen LogP contribution in [0.1, 0.15) is 18.1 Å². The summed E-state index contributed by atoms with van der Waals surface area (Å²) in [4.78, 5) is 0. The van der Waals surface area contributed by atoms with Crippen molar-refractivity contribution in [3.8, 4) is 0 Å². The molecule has 90 valence electrons. The molecule has 0 unspecified atom stereocenters. The Kier molecular flexibility index (Phi) is 3.88. The first-order valence-corrected chi connectivity index (χ1v) is 4.57. The number of aliphatic hydroxyl groups excluding tert-OH is 1. The van der Waals surface area contributed by atoms with E-state index >= 15 is 0 Å². The topological polar surface area (TPSA) is 46.2 Å². The summed E-state index contributed by atoms with van der Waals surface area (Å²) in [6.07, 6.45) is -6.91. The smallest absolute Gasteiger partial charge is 0.388 e. The maximum atomic E-state index is 13.1. The molecule has 0 spiro atoms. The Hall–Kier alpha value is -1.14. The van der Waals surface area contributed by atoms with Crippen LogP contribution in [-0.2, 0) is 0 Å². The zero-order chi connectivity index (χ0) is 12.3. The van der Waals surface area contributed by atoms with E-state index in [2.05, 4.69) is 0 Å². The summed E-state index contributed by atoms with van der Waals surface area (Å²) < 4.78 is 49.4. The van der Waals surface area contributed by atoms with Gasteiger partial charge in [-0.25, -0.2) is 4.39 Å². The number of aliphatic hydroxyl groups is 1. The lowest BCUT2D eigenvalue weighted by Gasteiger charge is -2.19. The van der Waals surface area contributed by atoms with E-state index in [1.54, 1.807) is 0 Å². The van der Waals surface area contributed by atoms with Crippen LogP contribution in [0.4, 0.5) is 17.6 Å². The lowest BCUT2D eigenvalue weighted by molar-refractivity contribution is -0.154. The first kappa shape index (κ1) is 12.9. The average molecular weight is 237 g/mol. The molecule has 2 nitrogen and oxygen atoms in total. The molecule has 0 aliphatic heterocycles. The maximum absolute atomic E-state index is 13.1. The summed E-state index contributed by atoms with van der Waals surface area (Å²) >= 11 is 0. The second-order valence-corrected chi connectivity index (χ2v) is 3.42. The van der Waals surface area contributed by atoms with E-state index in [4.69, 9.17) is 5.73 Å². The van der Waals surface area contributed by atoms with Gasteiger partial charge in [0.1, 0.15) is 11.9 Å². The number of nitrogens with two attached hydrogens (primary N) is 1. The minimum Gasteiger partial charge on any atom is -0.388 e. The van der Waals surface area contributed by atoms with E-state index in [1.165, 1.54) is 18.2 Å². The molecule has 1 aromatic carbocycles. The molecule has 0 saturated carbocycles. The minimum atomic E-state index is -4.59. The van der Waals surface area contributed by atoms with E-state index in [1.807, 2.05) is 0 Å². The quantitative estimate of drug-likeness (QED) is 0.791. The highest BCUT2D eigenvalue weighted by Gasteiger charge is 2.38. The Bertz CT molecular complexity index is 353. The molecule has 0 saturated heterocycles. The van der Waals surface area contributed by atoms with E-state index in [0.717, 1.165) is 6.07 Å². The van der Waals surface area contributed by atoms with Crippen LogP contribution in [-0.4, -0.2) is 17.3 Å². The number of hydrogen-bond donors (Lipinski definition) is 2. The van der Waals surface area contributed by atoms with Crippen LogP contribution in [0.15, 0.2) is 24.3 Å². The van der Waals surface area contributed by atoms with Gasteiger partial charge in [-0.2, -0.15) is 13.2 Å². The van der Waals surface area contributed by atoms with Crippen molar-refractivity contribution in [1.29, 1.82) is 0 Å². The van der Waals surface area contributed by atoms with Gasteiger partial charge in [0.15, 0.2) is 0 Å². The third-order valence-corrected chi connectivity index (χ3v) is 2.16. The fourth-order valence-electron chi connectivity index (χ4n) is 1.25. The van der Waals surface area contributed by atoms with Gasteiger partial charge in [0.25, 0.3) is 0 Å². The van der Waals surface area contributed by atoms with Crippen molar-refractivity contribution in [2.24, 2.45) is 5.73 Å². The fraction of sp³-hybridized carbons (Fsp3) is 0.400. The predicted octanol–water partition coefficient (Wildman–Crippen LogP) is 2.14. The lowest BCUT2D eigenvalue weighted by Crippen LogP contribution is -2.38. The normalized spacial score (nSPS) is 15.9. The molecular formula is C10H11F4NO. The molecule has 0 amide bonds. The van der Waals surface area contributed by atoms with Crippen LogP contribution in [0.25, 0.3) is 0 Å². The molecular weight excluding hydrogens is 226 g/mol. The molecule has 0 heterocycles. The van der Waals surface area contributed by atoms with E-state index in [0.29, 0.717) is 0 Å². The van der Waals surface area contributed by atoms with Crippen LogP contribution in [0, 0.1) is 5.82 Å². The van der Waals surface area contributed by atoms with E-state index in [9.17, 15) is 22.7 Å². The van der Waals surface area contributed by atoms with Gasteiger partial charge < -0.3 is 10.8 Å². The number of hydrogen-bond acceptors (Lipinski definition) is 2. The average Bonchev–Trinajstić information content (AvgIpc) is 2.16. The van der Waals surface area contributed by atoms with Gasteiger partial charge in [0, 0.05) is 12.0 Å². The Balaban J connectivity index is 2.73. The Labute approximate surface area is 89.7 Å². The van der Waals surface area contributed by atoms with Gasteiger partial charge in [0.05, 0.1) is 6.10 Å². The zero-order valence-corrected chi connectivity index (χ0v) is 8.21. The molecule has 3 N–H and O–H groups in total. The van der Waals surface area contributed by atoms with Gasteiger partial charge in [0.2, 0.25) is 0 Å². The van der Waals surface area contributed by atoms with E-state index in [-0.39, 0.29) is 5.56 Å². The van der Waals surface area contributed by atoms with Crippen LogP contribution >= 0.6 is 0 Å². The minimum absolute atomic E-state index is 0.179. The van der Waals surface area contributed by atoms with Crippen LogP contribution in [0.2, 0.25) is 0 Å². The zero-order valence-electron chi connectivity index (χ0n) is 8.21. The van der Waals surface area contributed by atoms with Crippen molar-refractivity contribution in [2.75, 3.05) is 0 Å². The lowest BCUT2D eigenvalue weighted by atomic mass is 10.0. The third kappa shape index (κ3) is 3.18. The molecule has 16 heavy (non-hydrogen) atoms. The van der Waals surface area contributed by atoms with Crippen molar-refractivity contribution in [2.45, 2.75) is 24.7 Å². The highest BCUT2D eigenvalue weighted by molar-refractivity contribution is 5.19. The highest BCUT2D eigenvalue weighted by Crippen LogP contribution is 2.27. The van der Waals surface area contributed by atoms with Gasteiger partial charge >= 0.3 is 6.18 Å². The Morgan fingerprint density at radius 2 is 1.81 bits per heavy atom. The van der Waals surface area contributed by atoms with Gasteiger partial charge in [-0.1, -0.05) is 18.2 Å². The number of rotatable bonds is 3. The van der Waals surface area contributed by atoms with Crippen LogP contribution < -0.4 is 5.73 Å². The monoisotopic (exact) mass is 237 g/mol. The first-order chi connectivity index (χ1) is 7.32. The third-order valence-electron chi connectivity index (χ3n) is 2.16. The van der Waals surface area contributed by atoms with Crippen molar-refractivity contribution in [1.82, 2.24) is 0 Å². The number of benzene rings is 1. The SMILES string of the molecule is N[C@@H](C[C@H](O)c1ccccc1F)C(F)(F)F. The summed E-state index contributed by atoms with van der Waals surface area (Å²) in [5, 5.41) is 9.42. The molecule has 2 atom stereocenters. The molecule has 0 aliphatic carbocycles. The highest BCUT2D eigenvalue weighted by atomic mass is 19.4. The predicted molar refractivity (Wildman–Crippen MR) is 50.0 cm³/mol. The van der Waals surface area contributed by atoms with Crippen molar-refractivity contribution in [3.63, 3.8) is 0 Å². The molecule has 0 aromatic heterocycles. The second kappa shape index (κ2) is 4.80. The van der Waals surface area contributed by atoms with Crippen LogP contribution in [0.5, 0.6) is 0 Å². The molecule has 0 bridgehead atoms. The summed E-state index contributed by atoms with van der Waals surface area (Å²) in [5.41, 5.74) is 4.65. The van der Waals surface area contributed by atoms with Crippen LogP contribution in [0.3, 0.4) is 0 Å². The summed E-state index contributed by atoms with van der Waals surface area (Å²) in [6, 6.07) is 2.94. The summed E-state index contributed by atoms with van der Waals surface area (Å²) in [7, 11) is 0. The first-order valence-electron chi connectivity index (χ1n) is 4.57. The standard InChI is InChI=1S/C10H11F4NO/c11-7-4-2-1-3-6(7)8(16)5-9(15)10(12,13)14/h1-4,8-9,16H,5,15H2/t8-,9-/m0/s1. The number of alkyl halides is 3. The molecule has 1 rings (SSSR count). The van der Waals surface area contributed by atoms with Gasteiger partial charge in [-0.05, 0) is 6.07 Å². The van der Waals surface area contributed by atoms with Gasteiger partial charge in [-0.3, -0.25) is 0 Å². The van der Waals surface area contributed by atoms with Crippen molar-refractivity contribution >= 4 is 0 Å². The molecule has 0 fully saturated rings. The van der Waals surface area contributed by atoms with Crippen molar-refractivity contribution < 1.29 is 22.7 Å². The largest absolute Gasteiger partial charge is 0.403 e. The van der Waals surface area contributed by atoms with Crippen molar-refractivity contribution in [3.05, 3.63) is 35.6 Å². The molecule has 0 radical (unpaired) electrons. The Morgan fingerprint density at radius 3 is 2.31 bits per heavy atom. The summed E-state index contributed by atoms with van der Waals surface area (Å²) in [6.45, 7) is 0. The maximum Gasteiger partial charge on any atom is 0.403 e. The molecule has 6 heteroatoms. The van der Waals surface area contributed by atoms with E-state index < -0.39 is 30.6 Å². The van der Waals surface area contributed by atoms with Gasteiger partial charge in [-0.15, -0.1) is 0 Å². The Morgan fingerprint density at radius 1 is 1.25 bits per heavy atom.